The molecule has 18 heavy (non-hydrogen) atoms. The number of fused-ring (bicyclic) bond motifs is 1. The van der Waals surface area contributed by atoms with Crippen LogP contribution in [0.1, 0.15) is 11.1 Å². The van der Waals surface area contributed by atoms with Crippen molar-refractivity contribution in [2.45, 2.75) is 13.5 Å². The largest absolute Gasteiger partial charge is 0.381 e. The van der Waals surface area contributed by atoms with E-state index < -0.39 is 0 Å². The zero-order valence-electron chi connectivity index (χ0n) is 10.4. The Balaban J connectivity index is 1.79. The highest BCUT2D eigenvalue weighted by atomic mass is 14.9. The molecule has 90 valence electrons. The summed E-state index contributed by atoms with van der Waals surface area (Å²) < 4.78 is 0. The molecule has 0 saturated heterocycles. The fraction of sp³-hybridized carbons (Fsp3) is 0.125. The maximum Gasteiger partial charge on any atom is 0.0457 e. The summed E-state index contributed by atoms with van der Waals surface area (Å²) >= 11 is 0. The molecule has 0 bridgehead atoms. The molecular weight excluding hydrogens is 220 g/mol. The van der Waals surface area contributed by atoms with Crippen LogP contribution in [0.15, 0.2) is 54.7 Å². The Labute approximate surface area is 107 Å². The molecule has 2 N–H and O–H groups in total. The first-order valence-electron chi connectivity index (χ1n) is 6.18. The molecular formula is C16H16N2. The molecule has 0 aliphatic heterocycles. The summed E-state index contributed by atoms with van der Waals surface area (Å²) in [5.41, 5.74) is 4.93. The zero-order chi connectivity index (χ0) is 12.4. The number of H-pyrrole nitrogens is 1. The summed E-state index contributed by atoms with van der Waals surface area (Å²) in [6.45, 7) is 2.94. The van der Waals surface area contributed by atoms with Crippen LogP contribution in [0, 0.1) is 6.92 Å². The van der Waals surface area contributed by atoms with Gasteiger partial charge in [-0.15, -0.1) is 0 Å². The number of anilines is 1. The van der Waals surface area contributed by atoms with Crippen LogP contribution in [0.5, 0.6) is 0 Å². The highest BCUT2D eigenvalue weighted by Gasteiger charge is 2.02. The number of hydrogen-bond donors (Lipinski definition) is 2. The highest BCUT2D eigenvalue weighted by molar-refractivity contribution is 5.83. The van der Waals surface area contributed by atoms with Crippen molar-refractivity contribution in [2.75, 3.05) is 5.32 Å². The Morgan fingerprint density at radius 3 is 2.61 bits per heavy atom. The summed E-state index contributed by atoms with van der Waals surface area (Å²) in [4.78, 5) is 3.29. The van der Waals surface area contributed by atoms with Crippen LogP contribution in [0.4, 0.5) is 5.69 Å². The minimum absolute atomic E-state index is 0.840. The van der Waals surface area contributed by atoms with E-state index in [0.29, 0.717) is 0 Å². The number of aromatic amines is 1. The fourth-order valence-corrected chi connectivity index (χ4v) is 2.15. The van der Waals surface area contributed by atoms with Gasteiger partial charge in [0.15, 0.2) is 0 Å². The van der Waals surface area contributed by atoms with Gasteiger partial charge in [0, 0.05) is 29.3 Å². The predicted molar refractivity (Wildman–Crippen MR) is 76.8 cm³/mol. The third-order valence-corrected chi connectivity index (χ3v) is 3.21. The van der Waals surface area contributed by atoms with Crippen molar-refractivity contribution >= 4 is 16.6 Å². The van der Waals surface area contributed by atoms with E-state index in [4.69, 9.17) is 0 Å². The second-order valence-corrected chi connectivity index (χ2v) is 4.58. The molecule has 1 aromatic heterocycles. The second kappa shape index (κ2) is 4.57. The van der Waals surface area contributed by atoms with Gasteiger partial charge >= 0.3 is 0 Å². The quantitative estimate of drug-likeness (QED) is 0.704. The standard InChI is InChI=1S/C16H16N2/c1-12-6-8-14(9-7-12)17-10-13-11-18-16-5-3-2-4-15(13)16/h2-9,11,17-18H,10H2,1H3. The summed E-state index contributed by atoms with van der Waals surface area (Å²) in [6.07, 6.45) is 2.08. The van der Waals surface area contributed by atoms with E-state index in [0.717, 1.165) is 12.2 Å². The van der Waals surface area contributed by atoms with Gasteiger partial charge in [-0.25, -0.2) is 0 Å². The van der Waals surface area contributed by atoms with Gasteiger partial charge in [0.05, 0.1) is 0 Å². The van der Waals surface area contributed by atoms with Gasteiger partial charge in [-0.2, -0.15) is 0 Å². The Bertz CT molecular complexity index is 650. The number of aryl methyl sites for hydroxylation is 1. The first kappa shape index (κ1) is 10.9. The number of benzene rings is 2. The number of para-hydroxylation sites is 1. The van der Waals surface area contributed by atoms with Gasteiger partial charge < -0.3 is 10.3 Å². The van der Waals surface area contributed by atoms with Gasteiger partial charge in [0.25, 0.3) is 0 Å². The van der Waals surface area contributed by atoms with Crippen LogP contribution in [0.2, 0.25) is 0 Å². The number of nitrogens with one attached hydrogen (secondary N) is 2. The van der Waals surface area contributed by atoms with E-state index in [9.17, 15) is 0 Å². The molecule has 0 unspecified atom stereocenters. The summed E-state index contributed by atoms with van der Waals surface area (Å²) in [5.74, 6) is 0. The first-order chi connectivity index (χ1) is 8.83. The van der Waals surface area contributed by atoms with E-state index >= 15 is 0 Å². The first-order valence-corrected chi connectivity index (χ1v) is 6.18. The summed E-state index contributed by atoms with van der Waals surface area (Å²) in [7, 11) is 0. The Morgan fingerprint density at radius 2 is 1.78 bits per heavy atom. The smallest absolute Gasteiger partial charge is 0.0457 e. The average Bonchev–Trinajstić information content (AvgIpc) is 2.82. The third-order valence-electron chi connectivity index (χ3n) is 3.21. The minimum atomic E-state index is 0.840. The molecule has 2 aromatic carbocycles. The topological polar surface area (TPSA) is 27.8 Å². The lowest BCUT2D eigenvalue weighted by atomic mass is 10.1. The molecule has 0 aliphatic carbocycles. The van der Waals surface area contributed by atoms with E-state index in [-0.39, 0.29) is 0 Å². The van der Waals surface area contributed by atoms with Crippen LogP contribution < -0.4 is 5.32 Å². The summed E-state index contributed by atoms with van der Waals surface area (Å²) in [6, 6.07) is 16.9. The van der Waals surface area contributed by atoms with E-state index in [1.807, 2.05) is 0 Å². The lowest BCUT2D eigenvalue weighted by Gasteiger charge is -2.05. The molecule has 2 nitrogen and oxygen atoms in total. The van der Waals surface area contributed by atoms with Gasteiger partial charge in [0.2, 0.25) is 0 Å². The molecule has 0 aliphatic rings. The highest BCUT2D eigenvalue weighted by Crippen LogP contribution is 2.19. The van der Waals surface area contributed by atoms with Crippen molar-refractivity contribution in [3.63, 3.8) is 0 Å². The number of aromatic nitrogens is 1. The van der Waals surface area contributed by atoms with Crippen LogP contribution in [-0.2, 0) is 6.54 Å². The minimum Gasteiger partial charge on any atom is -0.381 e. The molecule has 0 spiro atoms. The number of rotatable bonds is 3. The van der Waals surface area contributed by atoms with Crippen molar-refractivity contribution in [2.24, 2.45) is 0 Å². The monoisotopic (exact) mass is 236 g/mol. The normalized spacial score (nSPS) is 10.7. The van der Waals surface area contributed by atoms with Gasteiger partial charge in [0.1, 0.15) is 0 Å². The molecule has 0 amide bonds. The van der Waals surface area contributed by atoms with Crippen molar-refractivity contribution in [1.29, 1.82) is 0 Å². The van der Waals surface area contributed by atoms with Crippen LogP contribution in [0.3, 0.4) is 0 Å². The van der Waals surface area contributed by atoms with Gasteiger partial charge in [-0.05, 0) is 30.7 Å². The second-order valence-electron chi connectivity index (χ2n) is 4.58. The molecule has 0 fully saturated rings. The molecule has 0 radical (unpaired) electrons. The average molecular weight is 236 g/mol. The van der Waals surface area contributed by atoms with E-state index in [2.05, 4.69) is 72.0 Å². The predicted octanol–water partition coefficient (Wildman–Crippen LogP) is 4.09. The van der Waals surface area contributed by atoms with Gasteiger partial charge in [-0.3, -0.25) is 0 Å². The Kier molecular flexibility index (Phi) is 2.77. The Hall–Kier alpha value is -2.22. The van der Waals surface area contributed by atoms with Crippen molar-refractivity contribution in [3.8, 4) is 0 Å². The molecule has 3 rings (SSSR count). The van der Waals surface area contributed by atoms with Crippen LogP contribution in [-0.4, -0.2) is 4.98 Å². The van der Waals surface area contributed by atoms with Crippen molar-refractivity contribution in [1.82, 2.24) is 4.98 Å². The zero-order valence-corrected chi connectivity index (χ0v) is 10.4. The van der Waals surface area contributed by atoms with Crippen molar-refractivity contribution < 1.29 is 0 Å². The Morgan fingerprint density at radius 1 is 1.00 bits per heavy atom. The molecule has 1 heterocycles. The third kappa shape index (κ3) is 2.09. The summed E-state index contributed by atoms with van der Waals surface area (Å²) in [5, 5.41) is 4.74. The fourth-order valence-electron chi connectivity index (χ4n) is 2.15. The van der Waals surface area contributed by atoms with Gasteiger partial charge in [-0.1, -0.05) is 35.9 Å². The molecule has 2 heteroatoms. The lowest BCUT2D eigenvalue weighted by molar-refractivity contribution is 1.16. The molecule has 3 aromatic rings. The maximum atomic E-state index is 3.45. The SMILES string of the molecule is Cc1ccc(NCc2c[nH]c3ccccc23)cc1. The molecule has 0 atom stereocenters. The van der Waals surface area contributed by atoms with Crippen molar-refractivity contribution in [3.05, 3.63) is 65.9 Å². The van der Waals surface area contributed by atoms with Crippen LogP contribution >= 0.6 is 0 Å². The van der Waals surface area contributed by atoms with E-state index in [1.54, 1.807) is 0 Å². The lowest BCUT2D eigenvalue weighted by Crippen LogP contribution is -1.98. The maximum absolute atomic E-state index is 3.45. The van der Waals surface area contributed by atoms with Crippen LogP contribution in [0.25, 0.3) is 10.9 Å². The molecule has 0 saturated carbocycles. The van der Waals surface area contributed by atoms with E-state index in [1.165, 1.54) is 22.0 Å². The number of hydrogen-bond acceptors (Lipinski definition) is 1.